The zero-order valence-corrected chi connectivity index (χ0v) is 29.2. The van der Waals surface area contributed by atoms with Crippen LogP contribution < -0.4 is 0 Å². The van der Waals surface area contributed by atoms with Gasteiger partial charge in [0.15, 0.2) is 6.10 Å². The highest BCUT2D eigenvalue weighted by atomic mass is 16.8. The van der Waals surface area contributed by atoms with Gasteiger partial charge in [-0.15, -0.1) is 0 Å². The van der Waals surface area contributed by atoms with Crippen molar-refractivity contribution in [3.05, 3.63) is 60.2 Å². The number of carbonyl (C=O) groups excluding carboxylic acids is 3. The van der Waals surface area contributed by atoms with Crippen molar-refractivity contribution in [2.75, 3.05) is 7.11 Å². The molecule has 2 saturated heterocycles. The van der Waals surface area contributed by atoms with Gasteiger partial charge >= 0.3 is 29.8 Å². The molecule has 1 aromatic rings. The number of hydrogen-bond acceptors (Lipinski definition) is 12. The number of aliphatic hydroxyl groups excluding tert-OH is 1. The van der Waals surface area contributed by atoms with Crippen molar-refractivity contribution < 1.29 is 68.1 Å². The van der Waals surface area contributed by atoms with Gasteiger partial charge in [-0.2, -0.15) is 0 Å². The molecule has 0 radical (unpaired) electrons. The van der Waals surface area contributed by atoms with E-state index in [2.05, 4.69) is 6.58 Å². The topological polar surface area (TPSA) is 212 Å². The van der Waals surface area contributed by atoms with Gasteiger partial charge in [0.05, 0.1) is 7.11 Å². The van der Waals surface area contributed by atoms with E-state index in [1.54, 1.807) is 0 Å². The molecule has 4 N–H and O–H groups in total. The van der Waals surface area contributed by atoms with Crippen LogP contribution in [0.1, 0.15) is 65.9 Å². The zero-order valence-electron chi connectivity index (χ0n) is 29.2. The molecule has 2 aliphatic rings. The highest BCUT2D eigenvalue weighted by Crippen LogP contribution is 2.56. The Bertz CT molecular complexity index is 1460. The molecular weight excluding hydrogens is 656 g/mol. The Balaban J connectivity index is 2.05. The number of ether oxygens (including phenoxy) is 5. The van der Waals surface area contributed by atoms with Crippen LogP contribution in [0.25, 0.3) is 0 Å². The van der Waals surface area contributed by atoms with Crippen LogP contribution in [0.3, 0.4) is 0 Å². The maximum absolute atomic E-state index is 13.6. The number of fused-ring (bicyclic) bond motifs is 2. The zero-order chi connectivity index (χ0) is 37.6. The lowest BCUT2D eigenvalue weighted by Gasteiger charge is -2.49. The molecule has 0 aliphatic carbocycles. The molecule has 3 rings (SSSR count). The van der Waals surface area contributed by atoms with Crippen molar-refractivity contribution >= 4 is 29.8 Å². The fourth-order valence-corrected chi connectivity index (χ4v) is 6.72. The average Bonchev–Trinajstić information content (AvgIpc) is 3.28. The molecule has 2 fully saturated rings. The molecule has 50 heavy (non-hydrogen) atoms. The minimum atomic E-state index is -3.77. The van der Waals surface area contributed by atoms with E-state index in [0.29, 0.717) is 12.3 Å². The lowest BCUT2D eigenvalue weighted by atomic mass is 9.74. The van der Waals surface area contributed by atoms with E-state index in [4.69, 9.17) is 23.7 Å². The molecule has 2 heterocycles. The molecule has 1 aromatic carbocycles. The average molecular weight is 705 g/mol. The molecule has 0 amide bonds. The highest BCUT2D eigenvalue weighted by molar-refractivity contribution is 5.98. The summed E-state index contributed by atoms with van der Waals surface area (Å²) in [6.07, 6.45) is -4.27. The first-order valence-corrected chi connectivity index (χ1v) is 16.5. The van der Waals surface area contributed by atoms with Crippen LogP contribution in [0.2, 0.25) is 0 Å². The number of carboxylic acids is 2. The number of aliphatic carboxylic acids is 2. The second-order valence-corrected chi connectivity index (χ2v) is 13.3. The molecule has 2 bridgehead atoms. The van der Waals surface area contributed by atoms with Crippen LogP contribution >= 0.6 is 0 Å². The van der Waals surface area contributed by atoms with Crippen molar-refractivity contribution in [1.82, 2.24) is 0 Å². The summed E-state index contributed by atoms with van der Waals surface area (Å²) in [5.41, 5.74) is -5.86. The molecular formula is C36H48O14. The van der Waals surface area contributed by atoms with Gasteiger partial charge in [-0.1, -0.05) is 77.1 Å². The number of esters is 3. The summed E-state index contributed by atoms with van der Waals surface area (Å²) in [5, 5.41) is 43.7. The van der Waals surface area contributed by atoms with E-state index < -0.39 is 77.7 Å². The van der Waals surface area contributed by atoms with Gasteiger partial charge in [-0.25, -0.2) is 19.2 Å². The Morgan fingerprint density at radius 1 is 1.08 bits per heavy atom. The molecule has 5 unspecified atom stereocenters. The fraction of sp³-hybridized carbons (Fsp3) is 0.583. The van der Waals surface area contributed by atoms with E-state index in [9.17, 15) is 44.4 Å². The molecule has 14 heteroatoms. The number of carbonyl (C=O) groups is 5. The van der Waals surface area contributed by atoms with Gasteiger partial charge in [0.25, 0.3) is 5.60 Å². The van der Waals surface area contributed by atoms with E-state index >= 15 is 0 Å². The summed E-state index contributed by atoms with van der Waals surface area (Å²) in [6.45, 7) is 13.0. The molecule has 276 valence electrons. The maximum atomic E-state index is 13.6. The van der Waals surface area contributed by atoms with Gasteiger partial charge in [0.1, 0.15) is 12.2 Å². The van der Waals surface area contributed by atoms with Crippen LogP contribution in [-0.4, -0.2) is 98.8 Å². The second-order valence-electron chi connectivity index (χ2n) is 13.3. The number of benzene rings is 1. The summed E-state index contributed by atoms with van der Waals surface area (Å²) in [6, 6.07) is 9.35. The smallest absolute Gasteiger partial charge is 0.346 e. The Morgan fingerprint density at radius 3 is 2.26 bits per heavy atom. The first-order valence-electron chi connectivity index (χ1n) is 16.5. The number of hydrogen-bond donors (Lipinski definition) is 4. The third-order valence-corrected chi connectivity index (χ3v) is 9.46. The molecule has 0 spiro atoms. The third kappa shape index (κ3) is 7.93. The third-order valence-electron chi connectivity index (χ3n) is 9.46. The molecule has 14 nitrogen and oxygen atoms in total. The lowest BCUT2D eigenvalue weighted by Crippen LogP contribution is -2.78. The molecule has 10 atom stereocenters. The summed E-state index contributed by atoms with van der Waals surface area (Å²) >= 11 is 0. The van der Waals surface area contributed by atoms with E-state index in [1.165, 1.54) is 13.0 Å². The van der Waals surface area contributed by atoms with Crippen molar-refractivity contribution in [3.8, 4) is 0 Å². The van der Waals surface area contributed by atoms with Crippen molar-refractivity contribution in [2.24, 2.45) is 17.8 Å². The van der Waals surface area contributed by atoms with Crippen molar-refractivity contribution in [1.29, 1.82) is 0 Å². The van der Waals surface area contributed by atoms with Gasteiger partial charge in [-0.05, 0) is 42.2 Å². The van der Waals surface area contributed by atoms with Crippen LogP contribution in [0.15, 0.2) is 54.6 Å². The normalized spacial score (nSPS) is 29.7. The second kappa shape index (κ2) is 16.3. The Hall–Kier alpha value is -4.11. The van der Waals surface area contributed by atoms with Crippen molar-refractivity contribution in [3.63, 3.8) is 0 Å². The monoisotopic (exact) mass is 704 g/mol. The lowest BCUT2D eigenvalue weighted by molar-refractivity contribution is -0.374. The van der Waals surface area contributed by atoms with Gasteiger partial charge in [-0.3, -0.25) is 4.79 Å². The maximum Gasteiger partial charge on any atom is 0.346 e. The van der Waals surface area contributed by atoms with Crippen LogP contribution in [0.5, 0.6) is 0 Å². The highest BCUT2D eigenvalue weighted by Gasteiger charge is 2.86. The van der Waals surface area contributed by atoms with Crippen LogP contribution in [0.4, 0.5) is 0 Å². The quantitative estimate of drug-likeness (QED) is 0.0795. The molecule has 2 aliphatic heterocycles. The predicted molar refractivity (Wildman–Crippen MR) is 175 cm³/mol. The van der Waals surface area contributed by atoms with E-state index in [-0.39, 0.29) is 23.8 Å². The standard InChI is InChI=1S/C36H48O14/c1-8-20(2)18-21(3)14-15-26(38)48-29-28(39)34(49-30(31(40)41)35(45,32(42)43)36(29,50-34)33(44)46-7)17-16-22(4)27(47-24(6)37)23(5)19-25-12-10-9-11-13-25/h9-15,20-21,23,27-30,39,45H,4,8,16-19H2,1-3,5-7H3,(H,40,41)(H,42,43)/b15-14+/t20-,21+,23+,27?,28+,29-,30?,34?,35?,36?/m0/s1. The van der Waals surface area contributed by atoms with Crippen molar-refractivity contribution in [2.45, 2.75) is 108 Å². The number of carboxylic acid groups (broad SMARTS) is 2. The Kier molecular flexibility index (Phi) is 13.1. The SMILES string of the molecule is C=C(CCC12OC(C(=O)O)C(O)(C(=O)O)C(C(=O)OC)(O1)[C@@H](OC(=O)/C=C/[C@@H](C)C[C@@H](C)CC)[C@H]2O)C(OC(C)=O)[C@H](C)Cc1ccccc1. The largest absolute Gasteiger partial charge is 0.479 e. The van der Waals surface area contributed by atoms with Gasteiger partial charge in [0, 0.05) is 25.3 Å². The summed E-state index contributed by atoms with van der Waals surface area (Å²) in [4.78, 5) is 64.0. The van der Waals surface area contributed by atoms with Crippen LogP contribution in [0, 0.1) is 17.8 Å². The first-order chi connectivity index (χ1) is 23.4. The number of aliphatic hydroxyl groups is 2. The minimum absolute atomic E-state index is 0.0986. The Labute approximate surface area is 291 Å². The summed E-state index contributed by atoms with van der Waals surface area (Å²) in [7, 11) is 0.815. The van der Waals surface area contributed by atoms with Gasteiger partial charge in [0.2, 0.25) is 17.5 Å². The van der Waals surface area contributed by atoms with E-state index in [0.717, 1.165) is 31.6 Å². The Morgan fingerprint density at radius 2 is 1.72 bits per heavy atom. The number of rotatable bonds is 17. The fourth-order valence-electron chi connectivity index (χ4n) is 6.72. The predicted octanol–water partition coefficient (Wildman–Crippen LogP) is 2.97. The first kappa shape index (κ1) is 40.3. The van der Waals surface area contributed by atoms with Crippen LogP contribution in [-0.2, 0) is 54.1 Å². The summed E-state index contributed by atoms with van der Waals surface area (Å²) < 4.78 is 27.3. The summed E-state index contributed by atoms with van der Waals surface area (Å²) in [5.74, 6) is -10.4. The number of allylic oxidation sites excluding steroid dienone is 1. The van der Waals surface area contributed by atoms with E-state index in [1.807, 2.05) is 58.0 Å². The van der Waals surface area contributed by atoms with Gasteiger partial charge < -0.3 is 44.1 Å². The minimum Gasteiger partial charge on any atom is -0.479 e. The number of methoxy groups -OCH3 is 1. The molecule has 0 saturated carbocycles. The molecule has 0 aromatic heterocycles.